The molecule has 1 heterocycles. The highest BCUT2D eigenvalue weighted by molar-refractivity contribution is 7.75. The number of aryl methyl sites for hydroxylation is 1. The minimum atomic E-state index is -0.538. The van der Waals surface area contributed by atoms with E-state index in [-0.39, 0.29) is 5.97 Å². The van der Waals surface area contributed by atoms with Crippen LogP contribution in [-0.2, 0) is 20.1 Å². The molecule has 0 aliphatic carbocycles. The molecule has 98 valence electrons. The molecular weight excluding hydrogens is 254 g/mol. The molecule has 0 saturated heterocycles. The molecule has 18 heavy (non-hydrogen) atoms. The highest BCUT2D eigenvalue weighted by atomic mass is 32.1. The second kappa shape index (κ2) is 7.71. The van der Waals surface area contributed by atoms with Crippen LogP contribution in [0.5, 0.6) is 0 Å². The fourth-order valence-corrected chi connectivity index (χ4v) is 1.50. The zero-order chi connectivity index (χ0) is 13.4. The second-order valence-corrected chi connectivity index (χ2v) is 3.76. The van der Waals surface area contributed by atoms with Crippen molar-refractivity contribution < 1.29 is 18.5 Å². The maximum atomic E-state index is 11.1. The summed E-state index contributed by atoms with van der Waals surface area (Å²) in [4.78, 5) is 26.3. The Morgan fingerprint density at radius 3 is 2.72 bits per heavy atom. The molecule has 0 bridgehead atoms. The maximum Gasteiger partial charge on any atom is 0.351 e. The van der Waals surface area contributed by atoms with Gasteiger partial charge in [-0.1, -0.05) is 0 Å². The fourth-order valence-electron chi connectivity index (χ4n) is 1.39. The van der Waals surface area contributed by atoms with E-state index in [2.05, 4.69) is 22.1 Å². The highest BCUT2D eigenvalue weighted by Crippen LogP contribution is 2.06. The Hall–Kier alpha value is -1.56. The van der Waals surface area contributed by atoms with Crippen LogP contribution < -0.4 is 0 Å². The molecule has 0 aliphatic rings. The molecule has 1 aromatic heterocycles. The Morgan fingerprint density at radius 1 is 1.39 bits per heavy atom. The Kier molecular flexibility index (Phi) is 6.21. The van der Waals surface area contributed by atoms with Gasteiger partial charge in [-0.05, 0) is 31.9 Å². The molecule has 0 aromatic carbocycles. The van der Waals surface area contributed by atoms with Crippen LogP contribution in [-0.4, -0.2) is 23.5 Å². The minimum Gasteiger partial charge on any atom is -0.466 e. The third-order valence-corrected chi connectivity index (χ3v) is 2.43. The van der Waals surface area contributed by atoms with E-state index in [1.807, 2.05) is 0 Å². The summed E-state index contributed by atoms with van der Waals surface area (Å²) >= 11 is 3.42. The number of ether oxygens (including phenoxy) is 1. The van der Waals surface area contributed by atoms with Gasteiger partial charge in [0.1, 0.15) is 0 Å². The first-order valence-electron chi connectivity index (χ1n) is 5.63. The van der Waals surface area contributed by atoms with Crippen LogP contribution in [0, 0.1) is 0 Å². The lowest BCUT2D eigenvalue weighted by Crippen LogP contribution is -2.05. The van der Waals surface area contributed by atoms with Gasteiger partial charge in [-0.15, -0.1) is 0 Å². The van der Waals surface area contributed by atoms with Crippen molar-refractivity contribution in [1.29, 1.82) is 0 Å². The van der Waals surface area contributed by atoms with Crippen molar-refractivity contribution in [2.45, 2.75) is 26.2 Å². The van der Waals surface area contributed by atoms with Crippen LogP contribution >= 0.6 is 12.9 Å². The number of carbonyl (C=O) groups is 2. The predicted molar refractivity (Wildman–Crippen MR) is 68.2 cm³/mol. The van der Waals surface area contributed by atoms with Crippen LogP contribution in [0.2, 0.25) is 0 Å². The molecule has 0 fully saturated rings. The summed E-state index contributed by atoms with van der Waals surface area (Å²) < 4.78 is 9.09. The van der Waals surface area contributed by atoms with Crippen molar-refractivity contribution in [3.8, 4) is 0 Å². The zero-order valence-corrected chi connectivity index (χ0v) is 11.0. The van der Waals surface area contributed by atoms with Crippen molar-refractivity contribution >= 4 is 24.8 Å². The summed E-state index contributed by atoms with van der Waals surface area (Å²) in [5.74, 6) is -0.739. The molecule has 6 heteroatoms. The molecule has 0 amide bonds. The van der Waals surface area contributed by atoms with Gasteiger partial charge in [0.15, 0.2) is 0 Å². The third-order valence-electron chi connectivity index (χ3n) is 2.26. The van der Waals surface area contributed by atoms with Gasteiger partial charge in [0.2, 0.25) is 0 Å². The Morgan fingerprint density at radius 2 is 2.17 bits per heavy atom. The van der Waals surface area contributed by atoms with Crippen molar-refractivity contribution in [3.63, 3.8) is 0 Å². The van der Waals surface area contributed by atoms with Crippen LogP contribution in [0.3, 0.4) is 0 Å². The Bertz CT molecular complexity index is 405. The van der Waals surface area contributed by atoms with Crippen LogP contribution in [0.4, 0.5) is 0 Å². The maximum absolute atomic E-state index is 11.1. The first-order valence-corrected chi connectivity index (χ1v) is 6.00. The van der Waals surface area contributed by atoms with Gasteiger partial charge in [0, 0.05) is 31.2 Å². The molecule has 0 aliphatic heterocycles. The normalized spacial score (nSPS) is 9.89. The lowest BCUT2D eigenvalue weighted by molar-refractivity contribution is -0.143. The standard InChI is InChI=1S/C12H15NO4S/c1-2-16-11(14)5-3-4-10-7-6-9(8-13-10)12(15)17-18/h6-8,18H,2-5H2,1H3. The van der Waals surface area contributed by atoms with Gasteiger partial charge in [0.25, 0.3) is 0 Å². The average molecular weight is 269 g/mol. The molecule has 0 radical (unpaired) electrons. The first kappa shape index (κ1) is 14.5. The highest BCUT2D eigenvalue weighted by Gasteiger charge is 2.07. The van der Waals surface area contributed by atoms with E-state index in [0.717, 1.165) is 5.69 Å². The lowest BCUT2D eigenvalue weighted by atomic mass is 10.1. The van der Waals surface area contributed by atoms with Gasteiger partial charge < -0.3 is 8.92 Å². The SMILES string of the molecule is CCOC(=O)CCCc1ccc(C(=O)OS)cn1. The molecule has 0 atom stereocenters. The number of nitrogens with zero attached hydrogens (tertiary/aromatic N) is 1. The second-order valence-electron chi connectivity index (χ2n) is 3.58. The summed E-state index contributed by atoms with van der Waals surface area (Å²) in [6.45, 7) is 2.18. The summed E-state index contributed by atoms with van der Waals surface area (Å²) in [6.07, 6.45) is 3.13. The van der Waals surface area contributed by atoms with E-state index in [0.29, 0.717) is 31.4 Å². The van der Waals surface area contributed by atoms with Gasteiger partial charge in [-0.3, -0.25) is 9.78 Å². The number of thiol groups is 1. The summed E-state index contributed by atoms with van der Waals surface area (Å²) in [7, 11) is 0. The summed E-state index contributed by atoms with van der Waals surface area (Å²) in [5, 5.41) is 0. The fraction of sp³-hybridized carbons (Fsp3) is 0.417. The predicted octanol–water partition coefficient (Wildman–Crippen LogP) is 1.97. The molecule has 0 unspecified atom stereocenters. The quantitative estimate of drug-likeness (QED) is 0.486. The number of esters is 1. The molecule has 1 aromatic rings. The third kappa shape index (κ3) is 4.75. The number of carbonyl (C=O) groups excluding carboxylic acids is 2. The van der Waals surface area contributed by atoms with E-state index in [1.54, 1.807) is 19.1 Å². The Labute approximate surface area is 111 Å². The number of aromatic nitrogens is 1. The van der Waals surface area contributed by atoms with Crippen molar-refractivity contribution in [1.82, 2.24) is 4.98 Å². The molecule has 5 nitrogen and oxygen atoms in total. The van der Waals surface area contributed by atoms with E-state index >= 15 is 0 Å². The number of hydrogen-bond donors (Lipinski definition) is 1. The van der Waals surface area contributed by atoms with E-state index in [1.165, 1.54) is 6.20 Å². The van der Waals surface area contributed by atoms with Gasteiger partial charge in [-0.2, -0.15) is 0 Å². The molecule has 1 rings (SSSR count). The van der Waals surface area contributed by atoms with Gasteiger partial charge >= 0.3 is 11.9 Å². The minimum absolute atomic E-state index is 0.201. The van der Waals surface area contributed by atoms with E-state index < -0.39 is 5.97 Å². The number of hydrogen-bond acceptors (Lipinski definition) is 6. The van der Waals surface area contributed by atoms with Crippen molar-refractivity contribution in [2.24, 2.45) is 0 Å². The largest absolute Gasteiger partial charge is 0.466 e. The summed E-state index contributed by atoms with van der Waals surface area (Å²) in [5.41, 5.74) is 1.16. The Balaban J connectivity index is 2.40. The molecular formula is C12H15NO4S. The monoisotopic (exact) mass is 269 g/mol. The van der Waals surface area contributed by atoms with E-state index in [9.17, 15) is 9.59 Å². The van der Waals surface area contributed by atoms with Crippen molar-refractivity contribution in [3.05, 3.63) is 29.6 Å². The first-order chi connectivity index (χ1) is 8.67. The lowest BCUT2D eigenvalue weighted by Gasteiger charge is -2.02. The smallest absolute Gasteiger partial charge is 0.351 e. The number of rotatable bonds is 6. The van der Waals surface area contributed by atoms with Crippen molar-refractivity contribution in [2.75, 3.05) is 6.61 Å². The van der Waals surface area contributed by atoms with Crippen LogP contribution in [0.15, 0.2) is 18.3 Å². The molecule has 0 spiro atoms. The van der Waals surface area contributed by atoms with Crippen LogP contribution in [0.25, 0.3) is 0 Å². The average Bonchev–Trinajstić information content (AvgIpc) is 2.39. The number of pyridine rings is 1. The summed E-state index contributed by atoms with van der Waals surface area (Å²) in [6, 6.07) is 3.34. The molecule has 0 saturated carbocycles. The van der Waals surface area contributed by atoms with Gasteiger partial charge in [0.05, 0.1) is 12.2 Å². The molecule has 0 N–H and O–H groups in total. The topological polar surface area (TPSA) is 65.5 Å². The van der Waals surface area contributed by atoms with Crippen LogP contribution in [0.1, 0.15) is 35.8 Å². The van der Waals surface area contributed by atoms with Gasteiger partial charge in [-0.25, -0.2) is 4.79 Å². The van der Waals surface area contributed by atoms with E-state index in [4.69, 9.17) is 4.74 Å². The zero-order valence-electron chi connectivity index (χ0n) is 10.1.